The molecule has 0 saturated carbocycles. The highest BCUT2D eigenvalue weighted by molar-refractivity contribution is 6.03. The Bertz CT molecular complexity index is 593. The second-order valence-corrected chi connectivity index (χ2v) is 5.65. The van der Waals surface area contributed by atoms with Crippen LogP contribution in [0.4, 0.5) is 5.69 Å². The molecular weight excluding hydrogens is 254 g/mol. The van der Waals surface area contributed by atoms with E-state index < -0.39 is 17.8 Å². The van der Waals surface area contributed by atoms with Crippen LogP contribution in [-0.2, 0) is 9.59 Å². The highest BCUT2D eigenvalue weighted by atomic mass is 16.4. The summed E-state index contributed by atoms with van der Waals surface area (Å²) in [5.74, 6) is -2.10. The molecule has 104 valence electrons. The topological polar surface area (TPSA) is 57.6 Å². The summed E-state index contributed by atoms with van der Waals surface area (Å²) < 4.78 is 0. The maximum absolute atomic E-state index is 12.7. The van der Waals surface area contributed by atoms with Crippen LogP contribution in [0.1, 0.15) is 13.8 Å². The second-order valence-electron chi connectivity index (χ2n) is 5.65. The molecule has 1 aliphatic heterocycles. The average Bonchev–Trinajstić information content (AvgIpc) is 2.68. The van der Waals surface area contributed by atoms with Crippen LogP contribution in [0.5, 0.6) is 0 Å². The largest absolute Gasteiger partial charge is 0.481 e. The van der Waals surface area contributed by atoms with E-state index >= 15 is 0 Å². The van der Waals surface area contributed by atoms with Gasteiger partial charge in [-0.1, -0.05) is 36.8 Å². The summed E-state index contributed by atoms with van der Waals surface area (Å²) in [6, 6.07) is 8.97. The van der Waals surface area contributed by atoms with Gasteiger partial charge >= 0.3 is 5.97 Å². The highest BCUT2D eigenvalue weighted by Gasteiger charge is 2.56. The number of benzene rings is 1. The maximum Gasteiger partial charge on any atom is 0.309 e. The molecule has 4 atom stereocenters. The Morgan fingerprint density at radius 3 is 2.50 bits per heavy atom. The van der Waals surface area contributed by atoms with Crippen molar-refractivity contribution in [3.8, 4) is 0 Å². The third-order valence-corrected chi connectivity index (χ3v) is 4.41. The fourth-order valence-electron chi connectivity index (χ4n) is 3.63. The van der Waals surface area contributed by atoms with Gasteiger partial charge in [-0.3, -0.25) is 9.59 Å². The molecule has 0 aromatic heterocycles. The normalized spacial score (nSPS) is 32.2. The molecule has 1 heterocycles. The number of allylic oxidation sites excluding steroid dienone is 1. The molecule has 0 radical (unpaired) electrons. The summed E-state index contributed by atoms with van der Waals surface area (Å²) >= 11 is 0. The van der Waals surface area contributed by atoms with Gasteiger partial charge < -0.3 is 10.0 Å². The molecule has 3 rings (SSSR count). The lowest BCUT2D eigenvalue weighted by Crippen LogP contribution is -2.39. The highest BCUT2D eigenvalue weighted by Crippen LogP contribution is 2.46. The summed E-state index contributed by atoms with van der Waals surface area (Å²) in [7, 11) is 0. The number of amides is 1. The lowest BCUT2D eigenvalue weighted by atomic mass is 9.74. The summed E-state index contributed by atoms with van der Waals surface area (Å²) in [5, 5.41) is 9.53. The minimum Gasteiger partial charge on any atom is -0.481 e. The monoisotopic (exact) mass is 271 g/mol. The van der Waals surface area contributed by atoms with Gasteiger partial charge in [0.05, 0.1) is 17.9 Å². The number of fused-ring (bicyclic) bond motifs is 2. The third kappa shape index (κ3) is 1.68. The van der Waals surface area contributed by atoms with Crippen molar-refractivity contribution in [2.45, 2.75) is 19.9 Å². The molecule has 20 heavy (non-hydrogen) atoms. The molecule has 1 aromatic carbocycles. The van der Waals surface area contributed by atoms with Gasteiger partial charge in [0.25, 0.3) is 0 Å². The van der Waals surface area contributed by atoms with Crippen molar-refractivity contribution in [3.05, 3.63) is 42.0 Å². The summed E-state index contributed by atoms with van der Waals surface area (Å²) in [6.45, 7) is 3.84. The van der Waals surface area contributed by atoms with Crippen LogP contribution in [-0.4, -0.2) is 23.0 Å². The zero-order valence-electron chi connectivity index (χ0n) is 11.5. The van der Waals surface area contributed by atoms with E-state index in [1.807, 2.05) is 50.3 Å². The lowest BCUT2D eigenvalue weighted by molar-refractivity contribution is -0.145. The van der Waals surface area contributed by atoms with Crippen molar-refractivity contribution >= 4 is 17.6 Å². The molecular formula is C16H17NO3. The van der Waals surface area contributed by atoms with Crippen molar-refractivity contribution in [2.75, 3.05) is 4.90 Å². The number of para-hydroxylation sites is 1. The first kappa shape index (κ1) is 12.9. The first-order chi connectivity index (χ1) is 9.52. The quantitative estimate of drug-likeness (QED) is 0.840. The molecule has 1 saturated heterocycles. The Hall–Kier alpha value is -2.10. The van der Waals surface area contributed by atoms with Gasteiger partial charge in [0.1, 0.15) is 0 Å². The predicted octanol–water partition coefficient (Wildman–Crippen LogP) is 2.31. The number of anilines is 1. The lowest BCUT2D eigenvalue weighted by Gasteiger charge is -2.30. The van der Waals surface area contributed by atoms with Crippen molar-refractivity contribution in [2.24, 2.45) is 17.8 Å². The predicted molar refractivity (Wildman–Crippen MR) is 75.3 cm³/mol. The SMILES string of the molecule is CC1=CC(C)[C@H]2C(=O)N(c3ccccc3)[C@@H]1C2C(=O)O. The number of rotatable bonds is 2. The average molecular weight is 271 g/mol. The van der Waals surface area contributed by atoms with Crippen molar-refractivity contribution in [3.63, 3.8) is 0 Å². The Balaban J connectivity index is 2.13. The van der Waals surface area contributed by atoms with E-state index in [1.54, 1.807) is 4.90 Å². The van der Waals surface area contributed by atoms with Crippen LogP contribution in [0.2, 0.25) is 0 Å². The summed E-state index contributed by atoms with van der Waals surface area (Å²) in [5.41, 5.74) is 1.74. The third-order valence-electron chi connectivity index (χ3n) is 4.41. The minimum absolute atomic E-state index is 0.0337. The first-order valence-corrected chi connectivity index (χ1v) is 6.81. The maximum atomic E-state index is 12.7. The van der Waals surface area contributed by atoms with E-state index in [1.165, 1.54) is 0 Å². The van der Waals surface area contributed by atoms with Gasteiger partial charge in [-0.05, 0) is 25.0 Å². The second kappa shape index (κ2) is 4.47. The van der Waals surface area contributed by atoms with Crippen molar-refractivity contribution < 1.29 is 14.7 Å². The van der Waals surface area contributed by atoms with Crippen LogP contribution in [0, 0.1) is 17.8 Å². The van der Waals surface area contributed by atoms with Gasteiger partial charge in [-0.2, -0.15) is 0 Å². The number of nitrogens with zero attached hydrogens (tertiary/aromatic N) is 1. The van der Waals surface area contributed by atoms with Crippen molar-refractivity contribution in [1.29, 1.82) is 0 Å². The Labute approximate surface area is 117 Å². The molecule has 1 aromatic rings. The number of aliphatic carboxylic acids is 1. The van der Waals surface area contributed by atoms with Gasteiger partial charge in [-0.15, -0.1) is 0 Å². The standard InChI is InChI=1S/C16H17NO3/c1-9-8-10(2)14-13(16(19)20)12(9)15(18)17(14)11-6-4-3-5-7-11/h3-9,12-14H,1-2H3,(H,19,20)/t9?,12-,13?,14+/m1/s1. The van der Waals surface area contributed by atoms with Crippen LogP contribution < -0.4 is 4.90 Å². The molecule has 2 aliphatic rings. The van der Waals surface area contributed by atoms with E-state index in [0.717, 1.165) is 11.3 Å². The summed E-state index contributed by atoms with van der Waals surface area (Å²) in [4.78, 5) is 26.0. The van der Waals surface area contributed by atoms with E-state index in [9.17, 15) is 14.7 Å². The molecule has 2 bridgehead atoms. The number of carboxylic acids is 1. The minimum atomic E-state index is -0.883. The number of carboxylic acid groups (broad SMARTS) is 1. The van der Waals surface area contributed by atoms with Gasteiger partial charge in [0.2, 0.25) is 5.91 Å². The Morgan fingerprint density at radius 2 is 1.90 bits per heavy atom. The molecule has 0 spiro atoms. The first-order valence-electron chi connectivity index (χ1n) is 6.81. The number of carbonyl (C=O) groups is 2. The molecule has 1 N–H and O–H groups in total. The molecule has 4 heteroatoms. The molecule has 1 amide bonds. The number of carbonyl (C=O) groups excluding carboxylic acids is 1. The Kier molecular flexibility index (Phi) is 2.89. The van der Waals surface area contributed by atoms with Crippen LogP contribution in [0.15, 0.2) is 42.0 Å². The van der Waals surface area contributed by atoms with E-state index in [4.69, 9.17) is 0 Å². The molecule has 2 unspecified atom stereocenters. The zero-order valence-corrected chi connectivity index (χ0v) is 11.5. The van der Waals surface area contributed by atoms with Crippen LogP contribution >= 0.6 is 0 Å². The van der Waals surface area contributed by atoms with E-state index in [2.05, 4.69) is 0 Å². The molecule has 4 nitrogen and oxygen atoms in total. The fraction of sp³-hybridized carbons (Fsp3) is 0.375. The van der Waals surface area contributed by atoms with E-state index in [0.29, 0.717) is 0 Å². The van der Waals surface area contributed by atoms with Gasteiger partial charge in [0, 0.05) is 5.69 Å². The number of hydrogen-bond donors (Lipinski definition) is 1. The van der Waals surface area contributed by atoms with E-state index in [-0.39, 0.29) is 17.9 Å². The summed E-state index contributed by atoms with van der Waals surface area (Å²) in [6.07, 6.45) is 2.04. The van der Waals surface area contributed by atoms with Crippen LogP contribution in [0.3, 0.4) is 0 Å². The zero-order chi connectivity index (χ0) is 14.4. The van der Waals surface area contributed by atoms with Gasteiger partial charge in [0.15, 0.2) is 0 Å². The van der Waals surface area contributed by atoms with Crippen molar-refractivity contribution in [1.82, 2.24) is 0 Å². The number of hydrogen-bond acceptors (Lipinski definition) is 2. The Morgan fingerprint density at radius 1 is 1.25 bits per heavy atom. The molecule has 1 fully saturated rings. The van der Waals surface area contributed by atoms with Crippen LogP contribution in [0.25, 0.3) is 0 Å². The van der Waals surface area contributed by atoms with Gasteiger partial charge in [-0.25, -0.2) is 0 Å². The fourth-order valence-corrected chi connectivity index (χ4v) is 3.63. The smallest absolute Gasteiger partial charge is 0.309 e. The molecule has 1 aliphatic carbocycles.